The summed E-state index contributed by atoms with van der Waals surface area (Å²) in [5.41, 5.74) is 6.72. The highest BCUT2D eigenvalue weighted by Gasteiger charge is 2.23. The lowest BCUT2D eigenvalue weighted by Crippen LogP contribution is -2.52. The molecule has 4 nitrogen and oxygen atoms in total. The van der Waals surface area contributed by atoms with Crippen molar-refractivity contribution in [3.05, 3.63) is 29.3 Å². The van der Waals surface area contributed by atoms with E-state index in [4.69, 9.17) is 17.3 Å². The third-order valence-electron chi connectivity index (χ3n) is 3.15. The van der Waals surface area contributed by atoms with E-state index in [0.717, 1.165) is 23.8 Å². The van der Waals surface area contributed by atoms with Crippen LogP contribution in [0.5, 0.6) is 0 Å². The van der Waals surface area contributed by atoms with E-state index in [9.17, 15) is 4.79 Å². The first-order chi connectivity index (χ1) is 8.58. The Bertz CT molecular complexity index is 432. The minimum absolute atomic E-state index is 0. The third-order valence-corrected chi connectivity index (χ3v) is 3.39. The second-order valence-corrected chi connectivity index (χ2v) is 5.02. The number of anilines is 1. The molecule has 1 aliphatic rings. The lowest BCUT2D eigenvalue weighted by molar-refractivity contribution is -0.132. The summed E-state index contributed by atoms with van der Waals surface area (Å²) in [5.74, 6) is 0.0285. The Kier molecular flexibility index (Phi) is 5.91. The number of carbonyl (C=O) groups is 1. The Morgan fingerprint density at radius 1 is 1.32 bits per heavy atom. The van der Waals surface area contributed by atoms with Crippen LogP contribution >= 0.6 is 24.0 Å². The van der Waals surface area contributed by atoms with Crippen LogP contribution in [0.25, 0.3) is 0 Å². The van der Waals surface area contributed by atoms with E-state index < -0.39 is 6.04 Å². The molecule has 0 spiro atoms. The Labute approximate surface area is 124 Å². The maximum atomic E-state index is 11.8. The second kappa shape index (κ2) is 6.98. The Morgan fingerprint density at radius 3 is 2.47 bits per heavy atom. The molecule has 1 fully saturated rings. The van der Waals surface area contributed by atoms with Gasteiger partial charge >= 0.3 is 0 Å². The van der Waals surface area contributed by atoms with Gasteiger partial charge in [-0.15, -0.1) is 12.4 Å². The van der Waals surface area contributed by atoms with Gasteiger partial charge in [-0.25, -0.2) is 0 Å². The van der Waals surface area contributed by atoms with Crippen LogP contribution in [0.3, 0.4) is 0 Å². The molecule has 0 radical (unpaired) electrons. The first-order valence-corrected chi connectivity index (χ1v) is 6.50. The van der Waals surface area contributed by atoms with Crippen molar-refractivity contribution in [1.82, 2.24) is 4.90 Å². The van der Waals surface area contributed by atoms with Crippen LogP contribution in [0.15, 0.2) is 24.3 Å². The highest BCUT2D eigenvalue weighted by molar-refractivity contribution is 6.30. The van der Waals surface area contributed by atoms with Crippen molar-refractivity contribution >= 4 is 35.6 Å². The van der Waals surface area contributed by atoms with Crippen molar-refractivity contribution in [3.8, 4) is 0 Å². The summed E-state index contributed by atoms with van der Waals surface area (Å²) in [6.07, 6.45) is 0. The van der Waals surface area contributed by atoms with Crippen LogP contribution in [0.4, 0.5) is 5.69 Å². The summed E-state index contributed by atoms with van der Waals surface area (Å²) < 4.78 is 0. The average Bonchev–Trinajstić information content (AvgIpc) is 2.38. The number of benzene rings is 1. The van der Waals surface area contributed by atoms with Crippen LogP contribution < -0.4 is 10.6 Å². The van der Waals surface area contributed by atoms with Crippen molar-refractivity contribution in [1.29, 1.82) is 0 Å². The number of rotatable bonds is 2. The zero-order valence-corrected chi connectivity index (χ0v) is 12.5. The minimum atomic E-state index is -0.414. The Hall–Kier alpha value is -0.970. The highest BCUT2D eigenvalue weighted by Crippen LogP contribution is 2.20. The molecular weight excluding hydrogens is 285 g/mol. The minimum Gasteiger partial charge on any atom is -0.368 e. The van der Waals surface area contributed by atoms with Crippen LogP contribution in [0, 0.1) is 0 Å². The summed E-state index contributed by atoms with van der Waals surface area (Å²) >= 11 is 5.98. The van der Waals surface area contributed by atoms with Crippen molar-refractivity contribution < 1.29 is 4.79 Å². The smallest absolute Gasteiger partial charge is 0.239 e. The van der Waals surface area contributed by atoms with Gasteiger partial charge in [0.05, 0.1) is 6.04 Å². The monoisotopic (exact) mass is 303 g/mol. The van der Waals surface area contributed by atoms with Gasteiger partial charge in [0.2, 0.25) is 5.91 Å². The van der Waals surface area contributed by atoms with Gasteiger partial charge in [-0.05, 0) is 25.1 Å². The van der Waals surface area contributed by atoms with Gasteiger partial charge in [0.1, 0.15) is 0 Å². The molecule has 19 heavy (non-hydrogen) atoms. The van der Waals surface area contributed by atoms with E-state index in [0.29, 0.717) is 13.1 Å². The molecule has 6 heteroatoms. The van der Waals surface area contributed by atoms with Gasteiger partial charge in [0.15, 0.2) is 0 Å². The summed E-state index contributed by atoms with van der Waals surface area (Å²) in [6.45, 7) is 4.79. The molecule has 1 amide bonds. The van der Waals surface area contributed by atoms with Crippen molar-refractivity contribution in [3.63, 3.8) is 0 Å². The van der Waals surface area contributed by atoms with E-state index in [1.54, 1.807) is 6.92 Å². The molecule has 1 atom stereocenters. The van der Waals surface area contributed by atoms with E-state index in [-0.39, 0.29) is 18.3 Å². The molecule has 1 heterocycles. The average molecular weight is 304 g/mol. The molecule has 1 saturated heterocycles. The fourth-order valence-corrected chi connectivity index (χ4v) is 2.33. The zero-order chi connectivity index (χ0) is 13.1. The molecule has 1 unspecified atom stereocenters. The molecule has 1 aromatic rings. The maximum absolute atomic E-state index is 11.8. The van der Waals surface area contributed by atoms with E-state index >= 15 is 0 Å². The van der Waals surface area contributed by atoms with Crippen molar-refractivity contribution in [2.75, 3.05) is 31.1 Å². The molecule has 2 N–H and O–H groups in total. The molecule has 1 aromatic carbocycles. The molecule has 0 aliphatic carbocycles. The van der Waals surface area contributed by atoms with Gasteiger partial charge in [-0.2, -0.15) is 0 Å². The van der Waals surface area contributed by atoms with Crippen LogP contribution in [0.1, 0.15) is 6.92 Å². The van der Waals surface area contributed by atoms with Crippen molar-refractivity contribution in [2.45, 2.75) is 13.0 Å². The van der Waals surface area contributed by atoms with E-state index in [1.165, 1.54) is 0 Å². The van der Waals surface area contributed by atoms with Crippen LogP contribution in [-0.4, -0.2) is 43.0 Å². The van der Waals surface area contributed by atoms with E-state index in [1.807, 2.05) is 29.2 Å². The molecule has 106 valence electrons. The van der Waals surface area contributed by atoms with Gasteiger partial charge in [0.25, 0.3) is 0 Å². The first-order valence-electron chi connectivity index (χ1n) is 6.13. The van der Waals surface area contributed by atoms with Gasteiger partial charge in [-0.3, -0.25) is 4.79 Å². The lowest BCUT2D eigenvalue weighted by atomic mass is 10.2. The molecule has 0 saturated carbocycles. The van der Waals surface area contributed by atoms with Crippen molar-refractivity contribution in [2.24, 2.45) is 5.73 Å². The first kappa shape index (κ1) is 16.1. The third kappa shape index (κ3) is 4.00. The van der Waals surface area contributed by atoms with Gasteiger partial charge in [0, 0.05) is 36.9 Å². The SMILES string of the molecule is CC(N)C(=O)N1CCN(c2cccc(Cl)c2)CC1.Cl. The largest absolute Gasteiger partial charge is 0.368 e. The second-order valence-electron chi connectivity index (χ2n) is 4.58. The number of halogens is 2. The summed E-state index contributed by atoms with van der Waals surface area (Å²) in [6, 6.07) is 7.38. The fraction of sp³-hybridized carbons (Fsp3) is 0.462. The lowest BCUT2D eigenvalue weighted by Gasteiger charge is -2.36. The number of nitrogens with zero attached hydrogens (tertiary/aromatic N) is 2. The quantitative estimate of drug-likeness (QED) is 0.906. The number of carbonyl (C=O) groups excluding carboxylic acids is 1. The van der Waals surface area contributed by atoms with E-state index in [2.05, 4.69) is 4.90 Å². The van der Waals surface area contributed by atoms with Gasteiger partial charge < -0.3 is 15.5 Å². The molecular formula is C13H19Cl2N3O. The number of hydrogen-bond donors (Lipinski definition) is 1. The molecule has 2 rings (SSSR count). The topological polar surface area (TPSA) is 49.6 Å². The normalized spacial score (nSPS) is 16.8. The highest BCUT2D eigenvalue weighted by atomic mass is 35.5. The summed E-state index contributed by atoms with van der Waals surface area (Å²) in [5, 5.41) is 0.738. The summed E-state index contributed by atoms with van der Waals surface area (Å²) in [4.78, 5) is 15.8. The molecule has 0 bridgehead atoms. The number of amides is 1. The predicted molar refractivity (Wildman–Crippen MR) is 81.1 cm³/mol. The fourth-order valence-electron chi connectivity index (χ4n) is 2.15. The Balaban J connectivity index is 0.00000180. The number of nitrogens with two attached hydrogens (primary N) is 1. The predicted octanol–water partition coefficient (Wildman–Crippen LogP) is 1.76. The van der Waals surface area contributed by atoms with Crippen LogP contribution in [0.2, 0.25) is 5.02 Å². The standard InChI is InChI=1S/C13H18ClN3O.ClH/c1-10(15)13(18)17-7-5-16(6-8-17)12-4-2-3-11(14)9-12;/h2-4,9-10H,5-8,15H2,1H3;1H. The summed E-state index contributed by atoms with van der Waals surface area (Å²) in [7, 11) is 0. The molecule has 1 aliphatic heterocycles. The maximum Gasteiger partial charge on any atom is 0.239 e. The van der Waals surface area contributed by atoms with Gasteiger partial charge in [-0.1, -0.05) is 17.7 Å². The number of hydrogen-bond acceptors (Lipinski definition) is 3. The Morgan fingerprint density at radius 2 is 1.95 bits per heavy atom. The zero-order valence-electron chi connectivity index (χ0n) is 10.9. The number of piperazine rings is 1. The molecule has 0 aromatic heterocycles. The van der Waals surface area contributed by atoms with Crippen LogP contribution in [-0.2, 0) is 4.79 Å².